The van der Waals surface area contributed by atoms with Crippen LogP contribution in [0.2, 0.25) is 0 Å². The Kier molecular flexibility index (Phi) is 4.20. The molecule has 5 nitrogen and oxygen atoms in total. The molecule has 3 rings (SSSR count). The molecule has 2 aromatic carbocycles. The second-order valence-electron chi connectivity index (χ2n) is 5.71. The Morgan fingerprint density at radius 3 is 2.67 bits per heavy atom. The Morgan fingerprint density at radius 1 is 1.25 bits per heavy atom. The third-order valence-corrected chi connectivity index (χ3v) is 3.75. The maximum atomic E-state index is 12.9. The minimum absolute atomic E-state index is 0.139. The highest BCUT2D eigenvalue weighted by Gasteiger charge is 2.32. The average Bonchev–Trinajstić information content (AvgIpc) is 2.55. The normalized spacial score (nSPS) is 16.4. The van der Waals surface area contributed by atoms with Crippen LogP contribution in [0.15, 0.2) is 42.5 Å². The summed E-state index contributed by atoms with van der Waals surface area (Å²) >= 11 is 0. The fraction of sp³-hybridized carbons (Fsp3) is 0.222. The maximum absolute atomic E-state index is 12.9. The monoisotopic (exact) mass is 328 g/mol. The first kappa shape index (κ1) is 16.0. The van der Waals surface area contributed by atoms with Crippen molar-refractivity contribution in [1.82, 2.24) is 0 Å². The zero-order valence-corrected chi connectivity index (χ0v) is 13.4. The summed E-state index contributed by atoms with van der Waals surface area (Å²) < 4.78 is 18.5. The number of fused-ring (bicyclic) bond motifs is 1. The number of hydrogen-bond acceptors (Lipinski definition) is 3. The largest absolute Gasteiger partial charge is 0.479 e. The van der Waals surface area contributed by atoms with E-state index in [1.807, 2.05) is 19.1 Å². The first-order valence-electron chi connectivity index (χ1n) is 7.58. The van der Waals surface area contributed by atoms with Gasteiger partial charge in [-0.05, 0) is 55.8 Å². The maximum Gasteiger partial charge on any atom is 0.268 e. The van der Waals surface area contributed by atoms with Crippen molar-refractivity contribution in [2.75, 3.05) is 16.8 Å². The van der Waals surface area contributed by atoms with E-state index < -0.39 is 6.10 Å². The Morgan fingerprint density at radius 2 is 1.96 bits per heavy atom. The molecule has 6 heteroatoms. The lowest BCUT2D eigenvalue weighted by molar-refractivity contribution is -0.127. The van der Waals surface area contributed by atoms with E-state index in [2.05, 4.69) is 5.32 Å². The van der Waals surface area contributed by atoms with Gasteiger partial charge in [0.15, 0.2) is 6.10 Å². The molecule has 0 fully saturated rings. The summed E-state index contributed by atoms with van der Waals surface area (Å²) in [6.07, 6.45) is -0.654. The molecule has 0 saturated carbocycles. The van der Waals surface area contributed by atoms with E-state index in [4.69, 9.17) is 4.74 Å². The van der Waals surface area contributed by atoms with Gasteiger partial charge in [-0.1, -0.05) is 6.07 Å². The molecule has 1 aliphatic heterocycles. The highest BCUT2D eigenvalue weighted by molar-refractivity contribution is 6.06. The number of carbonyl (C=O) groups excluding carboxylic acids is 2. The average molecular weight is 328 g/mol. The summed E-state index contributed by atoms with van der Waals surface area (Å²) in [5.74, 6) is -0.448. The van der Waals surface area contributed by atoms with E-state index in [0.29, 0.717) is 17.1 Å². The highest BCUT2D eigenvalue weighted by atomic mass is 19.1. The van der Waals surface area contributed by atoms with E-state index in [-0.39, 0.29) is 24.2 Å². The van der Waals surface area contributed by atoms with Crippen molar-refractivity contribution in [1.29, 1.82) is 0 Å². The Balaban J connectivity index is 1.80. The quantitative estimate of drug-likeness (QED) is 0.942. The van der Waals surface area contributed by atoms with Crippen molar-refractivity contribution in [3.05, 3.63) is 53.8 Å². The van der Waals surface area contributed by atoms with E-state index in [1.165, 1.54) is 29.2 Å². The Hall–Kier alpha value is -2.89. The van der Waals surface area contributed by atoms with Gasteiger partial charge in [-0.15, -0.1) is 0 Å². The number of anilines is 2. The number of amides is 2. The SMILES string of the molecule is Cc1ccc2c(c1)N(CC(=O)Nc1ccc(F)cc1)C(=O)C(C)O2. The number of halogens is 1. The molecule has 0 bridgehead atoms. The fourth-order valence-electron chi connectivity index (χ4n) is 2.56. The summed E-state index contributed by atoms with van der Waals surface area (Å²) in [6, 6.07) is 10.9. The minimum Gasteiger partial charge on any atom is -0.479 e. The lowest BCUT2D eigenvalue weighted by Gasteiger charge is -2.32. The second kappa shape index (κ2) is 6.31. The molecule has 1 heterocycles. The molecule has 1 aliphatic rings. The van der Waals surface area contributed by atoms with Crippen LogP contribution in [0.5, 0.6) is 5.75 Å². The van der Waals surface area contributed by atoms with E-state index in [0.717, 1.165) is 5.56 Å². The summed E-state index contributed by atoms with van der Waals surface area (Å²) in [5, 5.41) is 2.66. The van der Waals surface area contributed by atoms with Crippen LogP contribution in [0.3, 0.4) is 0 Å². The van der Waals surface area contributed by atoms with Crippen molar-refractivity contribution >= 4 is 23.2 Å². The number of ether oxygens (including phenoxy) is 1. The highest BCUT2D eigenvalue weighted by Crippen LogP contribution is 2.34. The number of nitrogens with zero attached hydrogens (tertiary/aromatic N) is 1. The van der Waals surface area contributed by atoms with Gasteiger partial charge < -0.3 is 10.1 Å². The molecule has 0 aliphatic carbocycles. The fourth-order valence-corrected chi connectivity index (χ4v) is 2.56. The van der Waals surface area contributed by atoms with Crippen LogP contribution in [-0.4, -0.2) is 24.5 Å². The number of nitrogens with one attached hydrogen (secondary N) is 1. The minimum atomic E-state index is -0.654. The molecule has 2 aromatic rings. The molecule has 0 radical (unpaired) electrons. The molecule has 2 amide bonds. The van der Waals surface area contributed by atoms with Crippen LogP contribution < -0.4 is 15.0 Å². The van der Waals surface area contributed by atoms with E-state index in [1.54, 1.807) is 13.0 Å². The van der Waals surface area contributed by atoms with Crippen LogP contribution in [0, 0.1) is 12.7 Å². The molecule has 0 aromatic heterocycles. The summed E-state index contributed by atoms with van der Waals surface area (Å²) in [6.45, 7) is 3.41. The third-order valence-electron chi connectivity index (χ3n) is 3.75. The molecule has 124 valence electrons. The van der Waals surface area contributed by atoms with Gasteiger partial charge in [0.05, 0.1) is 5.69 Å². The Labute approximate surface area is 139 Å². The predicted molar refractivity (Wildman–Crippen MR) is 88.7 cm³/mol. The van der Waals surface area contributed by atoms with Gasteiger partial charge in [0, 0.05) is 5.69 Å². The van der Waals surface area contributed by atoms with Crippen molar-refractivity contribution < 1.29 is 18.7 Å². The molecule has 0 saturated heterocycles. The van der Waals surface area contributed by atoms with Crippen molar-refractivity contribution in [3.63, 3.8) is 0 Å². The lowest BCUT2D eigenvalue weighted by atomic mass is 10.1. The molecular formula is C18H17FN2O3. The van der Waals surface area contributed by atoms with Gasteiger partial charge in [0.1, 0.15) is 18.1 Å². The van der Waals surface area contributed by atoms with Crippen molar-refractivity contribution in [3.8, 4) is 5.75 Å². The third kappa shape index (κ3) is 3.22. The van der Waals surface area contributed by atoms with Gasteiger partial charge in [-0.2, -0.15) is 0 Å². The van der Waals surface area contributed by atoms with Crippen molar-refractivity contribution in [2.45, 2.75) is 20.0 Å². The van der Waals surface area contributed by atoms with Gasteiger partial charge in [-0.3, -0.25) is 14.5 Å². The van der Waals surface area contributed by atoms with Crippen LogP contribution in [0.25, 0.3) is 0 Å². The summed E-state index contributed by atoms with van der Waals surface area (Å²) in [4.78, 5) is 26.1. The van der Waals surface area contributed by atoms with Crippen LogP contribution in [0.4, 0.5) is 15.8 Å². The summed E-state index contributed by atoms with van der Waals surface area (Å²) in [7, 11) is 0. The number of benzene rings is 2. The van der Waals surface area contributed by atoms with Gasteiger partial charge in [0.2, 0.25) is 5.91 Å². The number of rotatable bonds is 3. The molecule has 24 heavy (non-hydrogen) atoms. The molecule has 1 atom stereocenters. The van der Waals surface area contributed by atoms with Gasteiger partial charge >= 0.3 is 0 Å². The zero-order chi connectivity index (χ0) is 17.3. The predicted octanol–water partition coefficient (Wildman–Crippen LogP) is 2.89. The molecule has 1 unspecified atom stereocenters. The first-order chi connectivity index (χ1) is 11.4. The van der Waals surface area contributed by atoms with Gasteiger partial charge in [-0.25, -0.2) is 4.39 Å². The van der Waals surface area contributed by atoms with Crippen LogP contribution in [0.1, 0.15) is 12.5 Å². The lowest BCUT2D eigenvalue weighted by Crippen LogP contribution is -2.47. The van der Waals surface area contributed by atoms with Crippen LogP contribution in [-0.2, 0) is 9.59 Å². The topological polar surface area (TPSA) is 58.6 Å². The molecular weight excluding hydrogens is 311 g/mol. The molecule has 1 N–H and O–H groups in total. The first-order valence-corrected chi connectivity index (χ1v) is 7.58. The van der Waals surface area contributed by atoms with E-state index in [9.17, 15) is 14.0 Å². The van der Waals surface area contributed by atoms with Gasteiger partial charge in [0.25, 0.3) is 5.91 Å². The van der Waals surface area contributed by atoms with Crippen molar-refractivity contribution in [2.24, 2.45) is 0 Å². The zero-order valence-electron chi connectivity index (χ0n) is 13.4. The Bertz CT molecular complexity index is 789. The summed E-state index contributed by atoms with van der Waals surface area (Å²) in [5.41, 5.74) is 2.01. The number of carbonyl (C=O) groups is 2. The standard InChI is InChI=1S/C18H17FN2O3/c1-11-3-8-16-15(9-11)21(18(23)12(2)24-16)10-17(22)20-14-6-4-13(19)5-7-14/h3-9,12H,10H2,1-2H3,(H,20,22). The smallest absolute Gasteiger partial charge is 0.268 e. The number of hydrogen-bond donors (Lipinski definition) is 1. The number of aryl methyl sites for hydroxylation is 1. The second-order valence-corrected chi connectivity index (χ2v) is 5.71. The molecule has 0 spiro atoms. The van der Waals surface area contributed by atoms with E-state index >= 15 is 0 Å². The van der Waals surface area contributed by atoms with Crippen LogP contribution >= 0.6 is 0 Å².